The quantitative estimate of drug-likeness (QED) is 0.422. The van der Waals surface area contributed by atoms with Crippen molar-refractivity contribution < 1.29 is 4.42 Å². The molecule has 3 heteroatoms. The summed E-state index contributed by atoms with van der Waals surface area (Å²) in [4.78, 5) is 17.6. The first-order chi connectivity index (χ1) is 12.3. The second-order valence-electron chi connectivity index (χ2n) is 7.82. The van der Waals surface area contributed by atoms with E-state index in [4.69, 9.17) is 4.42 Å². The van der Waals surface area contributed by atoms with Crippen molar-refractivity contribution in [2.45, 2.75) is 33.1 Å². The van der Waals surface area contributed by atoms with Gasteiger partial charge in [0.15, 0.2) is 0 Å². The van der Waals surface area contributed by atoms with Gasteiger partial charge < -0.3 is 4.42 Å². The van der Waals surface area contributed by atoms with E-state index in [9.17, 15) is 4.79 Å². The maximum absolute atomic E-state index is 13.1. The van der Waals surface area contributed by atoms with Crippen LogP contribution in [0.4, 0.5) is 0 Å². The van der Waals surface area contributed by atoms with Crippen LogP contribution in [0.1, 0.15) is 31.9 Å². The normalized spacial score (nSPS) is 12.0. The summed E-state index contributed by atoms with van der Waals surface area (Å²) in [6, 6.07) is 15.5. The molecule has 0 fully saturated rings. The van der Waals surface area contributed by atoms with Crippen LogP contribution in [0.3, 0.4) is 0 Å². The Kier molecular flexibility index (Phi) is 3.69. The third-order valence-corrected chi connectivity index (χ3v) is 4.75. The highest BCUT2D eigenvalue weighted by molar-refractivity contribution is 5.92. The van der Waals surface area contributed by atoms with Crippen LogP contribution in [0, 0.1) is 6.92 Å². The second-order valence-corrected chi connectivity index (χ2v) is 7.82. The molecule has 0 unspecified atom stereocenters. The Morgan fingerprint density at radius 2 is 1.58 bits per heavy atom. The molecule has 26 heavy (non-hydrogen) atoms. The molecule has 0 aliphatic carbocycles. The molecule has 0 bridgehead atoms. The molecule has 2 heterocycles. The van der Waals surface area contributed by atoms with E-state index in [-0.39, 0.29) is 10.8 Å². The molecule has 4 aromatic rings. The third kappa shape index (κ3) is 2.80. The molecule has 0 aliphatic heterocycles. The Hall–Kier alpha value is -2.94. The van der Waals surface area contributed by atoms with Crippen molar-refractivity contribution in [3.8, 4) is 11.3 Å². The maximum atomic E-state index is 13.1. The van der Waals surface area contributed by atoms with E-state index in [1.807, 2.05) is 55.5 Å². The fourth-order valence-electron chi connectivity index (χ4n) is 3.18. The van der Waals surface area contributed by atoms with E-state index in [1.54, 1.807) is 6.20 Å². The van der Waals surface area contributed by atoms with Gasteiger partial charge in [-0.05, 0) is 65.9 Å². The summed E-state index contributed by atoms with van der Waals surface area (Å²) in [5.41, 5.74) is 5.22. The Labute approximate surface area is 152 Å². The molecule has 3 nitrogen and oxygen atoms in total. The third-order valence-electron chi connectivity index (χ3n) is 4.75. The largest absolute Gasteiger partial charge is 0.456 e. The zero-order valence-electron chi connectivity index (χ0n) is 15.5. The van der Waals surface area contributed by atoms with Gasteiger partial charge in [-0.2, -0.15) is 0 Å². The topological polar surface area (TPSA) is 43.1 Å². The fourth-order valence-corrected chi connectivity index (χ4v) is 3.18. The van der Waals surface area contributed by atoms with Gasteiger partial charge in [0.1, 0.15) is 11.2 Å². The lowest BCUT2D eigenvalue weighted by molar-refractivity contribution is 0.590. The first-order valence-corrected chi connectivity index (χ1v) is 8.77. The molecular formula is C23H21NO2. The average Bonchev–Trinajstić information content (AvgIpc) is 2.60. The number of aromatic nitrogens is 1. The fraction of sp³-hybridized carbons (Fsp3) is 0.217. The molecule has 0 saturated carbocycles. The van der Waals surface area contributed by atoms with Gasteiger partial charge in [0.05, 0.1) is 16.5 Å². The first kappa shape index (κ1) is 16.5. The van der Waals surface area contributed by atoms with Crippen LogP contribution in [0.25, 0.3) is 33.2 Å². The highest BCUT2D eigenvalue weighted by atomic mass is 16.3. The van der Waals surface area contributed by atoms with E-state index in [1.165, 1.54) is 0 Å². The van der Waals surface area contributed by atoms with Crippen LogP contribution >= 0.6 is 0 Å². The molecule has 0 atom stereocenters. The lowest BCUT2D eigenvalue weighted by Gasteiger charge is -2.19. The van der Waals surface area contributed by atoms with E-state index in [0.29, 0.717) is 21.9 Å². The summed E-state index contributed by atoms with van der Waals surface area (Å²) < 4.78 is 5.99. The van der Waals surface area contributed by atoms with Crippen LogP contribution in [-0.2, 0) is 5.41 Å². The Bertz CT molecular complexity index is 1200. The Balaban J connectivity index is 1.98. The van der Waals surface area contributed by atoms with Crippen LogP contribution in [-0.4, -0.2) is 4.98 Å². The minimum Gasteiger partial charge on any atom is -0.456 e. The second kappa shape index (κ2) is 5.80. The van der Waals surface area contributed by atoms with Crippen LogP contribution in [0.15, 0.2) is 63.9 Å². The van der Waals surface area contributed by atoms with Crippen molar-refractivity contribution in [1.82, 2.24) is 4.98 Å². The summed E-state index contributed by atoms with van der Waals surface area (Å²) in [5.74, 6) is 0. The lowest BCUT2D eigenvalue weighted by atomic mass is 9.86. The van der Waals surface area contributed by atoms with E-state index >= 15 is 0 Å². The molecule has 0 radical (unpaired) electrons. The van der Waals surface area contributed by atoms with Gasteiger partial charge in [-0.15, -0.1) is 0 Å². The predicted molar refractivity (Wildman–Crippen MR) is 107 cm³/mol. The molecule has 0 spiro atoms. The molecule has 0 amide bonds. The summed E-state index contributed by atoms with van der Waals surface area (Å²) in [6.07, 6.45) is 1.79. The zero-order chi connectivity index (χ0) is 18.5. The van der Waals surface area contributed by atoms with Crippen molar-refractivity contribution in [3.63, 3.8) is 0 Å². The smallest absolute Gasteiger partial charge is 0.200 e. The molecule has 0 aliphatic rings. The minimum absolute atomic E-state index is 0.00172. The van der Waals surface area contributed by atoms with Gasteiger partial charge in [-0.25, -0.2) is 0 Å². The first-order valence-electron chi connectivity index (χ1n) is 8.77. The van der Waals surface area contributed by atoms with E-state index in [0.717, 1.165) is 22.4 Å². The number of hydrogen-bond acceptors (Lipinski definition) is 3. The van der Waals surface area contributed by atoms with Crippen molar-refractivity contribution >= 4 is 21.9 Å². The molecule has 2 aromatic carbocycles. The zero-order valence-corrected chi connectivity index (χ0v) is 15.5. The highest BCUT2D eigenvalue weighted by Crippen LogP contribution is 2.28. The van der Waals surface area contributed by atoms with Crippen molar-refractivity contribution in [3.05, 3.63) is 76.1 Å². The van der Waals surface area contributed by atoms with Gasteiger partial charge in [-0.1, -0.05) is 26.8 Å². The SMILES string of the molecule is Cc1ccnc(-c2ccc3oc4ccc(C(C)(C)C)cc4c(=O)c3c2)c1. The summed E-state index contributed by atoms with van der Waals surface area (Å²) in [6.45, 7) is 8.44. The molecule has 2 aromatic heterocycles. The van der Waals surface area contributed by atoms with Gasteiger partial charge in [0.2, 0.25) is 5.43 Å². The maximum Gasteiger partial charge on any atom is 0.200 e. The van der Waals surface area contributed by atoms with Crippen LogP contribution in [0.2, 0.25) is 0 Å². The Morgan fingerprint density at radius 1 is 0.885 bits per heavy atom. The Morgan fingerprint density at radius 3 is 2.27 bits per heavy atom. The van der Waals surface area contributed by atoms with Crippen molar-refractivity contribution in [1.29, 1.82) is 0 Å². The number of nitrogens with zero attached hydrogens (tertiary/aromatic N) is 1. The van der Waals surface area contributed by atoms with Crippen LogP contribution in [0.5, 0.6) is 0 Å². The predicted octanol–water partition coefficient (Wildman–Crippen LogP) is 5.61. The van der Waals surface area contributed by atoms with Crippen molar-refractivity contribution in [2.75, 3.05) is 0 Å². The molecule has 4 rings (SSSR count). The van der Waals surface area contributed by atoms with Gasteiger partial charge in [0.25, 0.3) is 0 Å². The van der Waals surface area contributed by atoms with E-state index < -0.39 is 0 Å². The molecular weight excluding hydrogens is 322 g/mol. The molecule has 0 saturated heterocycles. The van der Waals surface area contributed by atoms with Crippen LogP contribution < -0.4 is 5.43 Å². The number of aryl methyl sites for hydroxylation is 1. The molecule has 130 valence electrons. The average molecular weight is 343 g/mol. The van der Waals surface area contributed by atoms with Gasteiger partial charge in [0, 0.05) is 11.8 Å². The van der Waals surface area contributed by atoms with Crippen molar-refractivity contribution in [2.24, 2.45) is 0 Å². The van der Waals surface area contributed by atoms with E-state index in [2.05, 4.69) is 25.8 Å². The number of benzene rings is 2. The summed E-state index contributed by atoms with van der Waals surface area (Å²) >= 11 is 0. The number of fused-ring (bicyclic) bond motifs is 2. The van der Waals surface area contributed by atoms with Gasteiger partial charge in [-0.3, -0.25) is 9.78 Å². The lowest BCUT2D eigenvalue weighted by Crippen LogP contribution is -2.12. The number of pyridine rings is 1. The summed E-state index contributed by atoms with van der Waals surface area (Å²) in [5, 5.41) is 1.21. The monoisotopic (exact) mass is 343 g/mol. The summed E-state index contributed by atoms with van der Waals surface area (Å²) in [7, 11) is 0. The minimum atomic E-state index is -0.0249. The van der Waals surface area contributed by atoms with Gasteiger partial charge >= 0.3 is 0 Å². The molecule has 0 N–H and O–H groups in total. The number of hydrogen-bond donors (Lipinski definition) is 0. The highest BCUT2D eigenvalue weighted by Gasteiger charge is 2.16. The number of rotatable bonds is 1. The standard InChI is InChI=1S/C23H21NO2/c1-14-9-10-24-19(11-14)15-5-7-20-17(12-15)22(25)18-13-16(23(2,3)4)6-8-21(18)26-20/h5-13H,1-4H3.